The Morgan fingerprint density at radius 2 is 0.776 bits per heavy atom. The maximum absolute atomic E-state index is 13.5. The van der Waals surface area contributed by atoms with E-state index in [1.165, 1.54) is 0 Å². The highest BCUT2D eigenvalue weighted by atomic mass is 16.2. The predicted octanol–water partition coefficient (Wildman–Crippen LogP) is -5.08. The molecule has 0 unspecified atom stereocenters. The molecule has 58 heavy (non-hydrogen) atoms. The summed E-state index contributed by atoms with van der Waals surface area (Å²) in [6, 6.07) is -6.45. The number of hydrogen-bond acceptors (Lipinski definition) is 13. The molecule has 0 fully saturated rings. The van der Waals surface area contributed by atoms with Gasteiger partial charge in [0.25, 0.3) is 0 Å². The summed E-state index contributed by atoms with van der Waals surface area (Å²) in [4.78, 5) is 116. The minimum atomic E-state index is -1.21. The Morgan fingerprint density at radius 3 is 1.14 bits per heavy atom. The Hall–Kier alpha value is -4.93. The predicted molar refractivity (Wildman–Crippen MR) is 216 cm³/mol. The van der Waals surface area contributed by atoms with Gasteiger partial charge < -0.3 is 70.8 Å². The number of likely N-dealkylation sites (N-methyl/N-ethyl adjacent to an activating group) is 1. The quantitative estimate of drug-likeness (QED) is 0.0323. The first-order valence-corrected chi connectivity index (χ1v) is 19.9. The number of carbonyl (C=O) groups is 9. The third-order valence-corrected chi connectivity index (χ3v) is 8.47. The van der Waals surface area contributed by atoms with E-state index in [0.717, 1.165) is 0 Å². The smallest absolute Gasteiger partial charge is 0.243 e. The molecule has 332 valence electrons. The van der Waals surface area contributed by atoms with Crippen LogP contribution in [0.15, 0.2) is 0 Å². The van der Waals surface area contributed by atoms with Gasteiger partial charge in [0.05, 0.1) is 13.1 Å². The lowest BCUT2D eigenvalue weighted by Gasteiger charge is -2.26. The number of amides is 9. The number of nitrogens with one attached hydrogen (secondary N) is 9. The molecule has 0 aliphatic heterocycles. The fraction of sp³-hybridized carbons (Fsp3) is 0.750. The van der Waals surface area contributed by atoms with Crippen LogP contribution in [0, 0.1) is 5.92 Å². The Kier molecular flexibility index (Phi) is 27.6. The topological polar surface area (TPSA) is 366 Å². The van der Waals surface area contributed by atoms with Gasteiger partial charge >= 0.3 is 0 Å². The van der Waals surface area contributed by atoms with E-state index in [4.69, 9.17) is 22.9 Å². The summed E-state index contributed by atoms with van der Waals surface area (Å²) in [7, 11) is 0. The van der Waals surface area contributed by atoms with Gasteiger partial charge in [-0.05, 0) is 84.0 Å². The molecule has 0 aliphatic rings. The second-order valence-electron chi connectivity index (χ2n) is 14.0. The largest absolute Gasteiger partial charge is 0.355 e. The van der Waals surface area contributed by atoms with Crippen molar-refractivity contribution in [2.45, 2.75) is 122 Å². The van der Waals surface area contributed by atoms with Crippen molar-refractivity contribution in [3.8, 4) is 0 Å². The van der Waals surface area contributed by atoms with Gasteiger partial charge in [-0.3, -0.25) is 43.2 Å². The van der Waals surface area contributed by atoms with Crippen LogP contribution in [-0.2, 0) is 43.2 Å². The Bertz CT molecular complexity index is 1350. The van der Waals surface area contributed by atoms with E-state index in [-0.39, 0.29) is 82.4 Å². The van der Waals surface area contributed by atoms with Crippen LogP contribution in [0.25, 0.3) is 0 Å². The number of rotatable bonds is 30. The first-order valence-electron chi connectivity index (χ1n) is 19.9. The molecule has 0 heterocycles. The molecular formula is C36H69N13O9. The molecule has 0 rings (SSSR count). The van der Waals surface area contributed by atoms with Crippen molar-refractivity contribution < 1.29 is 43.2 Å². The van der Waals surface area contributed by atoms with Crippen molar-refractivity contribution in [3.63, 3.8) is 0 Å². The molecule has 0 aromatic rings. The first-order chi connectivity index (χ1) is 27.5. The van der Waals surface area contributed by atoms with Crippen LogP contribution in [0.1, 0.15) is 86.0 Å². The summed E-state index contributed by atoms with van der Waals surface area (Å²) in [5.74, 6) is -5.80. The zero-order chi connectivity index (χ0) is 44.2. The molecule has 0 saturated carbocycles. The van der Waals surface area contributed by atoms with E-state index < -0.39 is 90.7 Å². The third-order valence-electron chi connectivity index (χ3n) is 8.47. The van der Waals surface area contributed by atoms with Crippen molar-refractivity contribution in [2.75, 3.05) is 45.8 Å². The van der Waals surface area contributed by atoms with E-state index in [9.17, 15) is 43.2 Å². The molecule has 0 bridgehead atoms. The van der Waals surface area contributed by atoms with Gasteiger partial charge in [-0.1, -0.05) is 27.7 Å². The maximum atomic E-state index is 13.5. The summed E-state index contributed by atoms with van der Waals surface area (Å²) in [5.41, 5.74) is 22.6. The normalized spacial score (nSPS) is 14.0. The molecule has 0 spiro atoms. The molecule has 22 heteroatoms. The van der Waals surface area contributed by atoms with Gasteiger partial charge in [0, 0.05) is 13.0 Å². The summed E-state index contributed by atoms with van der Waals surface area (Å²) >= 11 is 0. The molecule has 0 aromatic heterocycles. The van der Waals surface area contributed by atoms with Gasteiger partial charge in [0.1, 0.15) is 36.3 Å². The standard InChI is InChI=1S/C36H69N13O9/c1-6-9-28(50)44-23(10-14-37)32(54)42-19-29(51)45-24(11-15-38)33(55)43-20-30(52)46-27(18-21(4)5)36(58)49-26(13-17-40)35(57)48-25(12-16-39)34(56)47-22(7-2)31(53)41-8-3/h21-27H,6-20,37-40H2,1-5H3,(H,41,53)(H,42,54)(H,43,55)(H,44,50)(H,45,51)(H,46,52)(H,47,56)(H,48,57)(H,49,58)/t22-,23-,24-,25-,26-,27-/m0/s1. The van der Waals surface area contributed by atoms with Gasteiger partial charge in [-0.25, -0.2) is 0 Å². The van der Waals surface area contributed by atoms with Crippen LogP contribution >= 0.6 is 0 Å². The highest BCUT2D eigenvalue weighted by molar-refractivity contribution is 5.97. The highest BCUT2D eigenvalue weighted by Crippen LogP contribution is 2.07. The summed E-state index contributed by atoms with van der Waals surface area (Å²) < 4.78 is 0. The van der Waals surface area contributed by atoms with Crippen LogP contribution < -0.4 is 70.8 Å². The van der Waals surface area contributed by atoms with E-state index in [1.807, 2.05) is 20.8 Å². The molecular weight excluding hydrogens is 758 g/mol. The first kappa shape index (κ1) is 53.1. The van der Waals surface area contributed by atoms with Crippen molar-refractivity contribution in [3.05, 3.63) is 0 Å². The minimum Gasteiger partial charge on any atom is -0.355 e. The SMILES string of the molecule is CCCC(=O)N[C@@H](CCN)C(=O)NCC(=O)N[C@@H](CCN)C(=O)NCC(=O)N[C@@H](CC(C)C)C(=O)N[C@@H](CCN)C(=O)N[C@@H](CCN)C(=O)N[C@@H](CC)C(=O)NCC. The Labute approximate surface area is 340 Å². The van der Waals surface area contributed by atoms with E-state index >= 15 is 0 Å². The van der Waals surface area contributed by atoms with Crippen molar-refractivity contribution in [2.24, 2.45) is 28.9 Å². The Morgan fingerprint density at radius 1 is 0.431 bits per heavy atom. The average Bonchev–Trinajstić information content (AvgIpc) is 3.16. The maximum Gasteiger partial charge on any atom is 0.243 e. The van der Waals surface area contributed by atoms with Crippen LogP contribution in [0.5, 0.6) is 0 Å². The lowest BCUT2D eigenvalue weighted by molar-refractivity contribution is -0.135. The number of nitrogens with two attached hydrogens (primary N) is 4. The van der Waals surface area contributed by atoms with Gasteiger partial charge in [0.15, 0.2) is 0 Å². The lowest BCUT2D eigenvalue weighted by Crippen LogP contribution is -2.59. The molecule has 0 aliphatic carbocycles. The zero-order valence-electron chi connectivity index (χ0n) is 34.6. The zero-order valence-corrected chi connectivity index (χ0v) is 34.6. The van der Waals surface area contributed by atoms with E-state index in [1.54, 1.807) is 13.8 Å². The molecule has 0 radical (unpaired) electrons. The molecule has 6 atom stereocenters. The van der Waals surface area contributed by atoms with Gasteiger partial charge in [-0.2, -0.15) is 0 Å². The van der Waals surface area contributed by atoms with Crippen molar-refractivity contribution in [1.29, 1.82) is 0 Å². The average molecular weight is 828 g/mol. The third kappa shape index (κ3) is 21.6. The molecule has 22 nitrogen and oxygen atoms in total. The highest BCUT2D eigenvalue weighted by Gasteiger charge is 2.31. The summed E-state index contributed by atoms with van der Waals surface area (Å²) in [6.07, 6.45) is 1.37. The molecule has 0 aromatic carbocycles. The summed E-state index contributed by atoms with van der Waals surface area (Å²) in [6.45, 7) is 8.23. The second kappa shape index (κ2) is 30.2. The second-order valence-corrected chi connectivity index (χ2v) is 14.0. The fourth-order valence-corrected chi connectivity index (χ4v) is 5.48. The van der Waals surface area contributed by atoms with Crippen LogP contribution in [0.4, 0.5) is 0 Å². The van der Waals surface area contributed by atoms with Gasteiger partial charge in [0.2, 0.25) is 53.2 Å². The van der Waals surface area contributed by atoms with Crippen molar-refractivity contribution in [1.82, 2.24) is 47.9 Å². The molecule has 17 N–H and O–H groups in total. The van der Waals surface area contributed by atoms with E-state index in [0.29, 0.717) is 19.4 Å². The van der Waals surface area contributed by atoms with Crippen LogP contribution in [0.2, 0.25) is 0 Å². The summed E-state index contributed by atoms with van der Waals surface area (Å²) in [5, 5.41) is 22.8. The van der Waals surface area contributed by atoms with Crippen LogP contribution in [-0.4, -0.2) is 135 Å². The number of carbonyl (C=O) groups excluding carboxylic acids is 9. The van der Waals surface area contributed by atoms with E-state index in [2.05, 4.69) is 47.9 Å². The molecule has 9 amide bonds. The lowest BCUT2D eigenvalue weighted by atomic mass is 10.0. The number of hydrogen-bond donors (Lipinski definition) is 13. The fourth-order valence-electron chi connectivity index (χ4n) is 5.48. The monoisotopic (exact) mass is 828 g/mol. The van der Waals surface area contributed by atoms with Gasteiger partial charge in [-0.15, -0.1) is 0 Å². The Balaban J connectivity index is 5.56. The van der Waals surface area contributed by atoms with Crippen molar-refractivity contribution >= 4 is 53.2 Å². The molecule has 0 saturated heterocycles. The van der Waals surface area contributed by atoms with Crippen LogP contribution in [0.3, 0.4) is 0 Å². The minimum absolute atomic E-state index is 0.0137.